The number of rotatable bonds is 3. The molecule has 96 valence electrons. The fourth-order valence-corrected chi connectivity index (χ4v) is 2.25. The minimum Gasteiger partial charge on any atom is -0.383 e. The number of nitrogens with one attached hydrogen (secondary N) is 1. The molecule has 0 aliphatic carbocycles. The number of aromatic amines is 1. The molecule has 0 aliphatic heterocycles. The third-order valence-corrected chi connectivity index (χ3v) is 2.98. The zero-order valence-electron chi connectivity index (χ0n) is 10.6. The van der Waals surface area contributed by atoms with Gasteiger partial charge in [0.1, 0.15) is 11.5 Å². The zero-order chi connectivity index (χ0) is 13.3. The van der Waals surface area contributed by atoms with E-state index in [1.54, 1.807) is 0 Å². The van der Waals surface area contributed by atoms with Crippen molar-refractivity contribution < 1.29 is 0 Å². The summed E-state index contributed by atoms with van der Waals surface area (Å²) >= 11 is 0. The van der Waals surface area contributed by atoms with Crippen LogP contribution in [0.4, 0.5) is 11.8 Å². The van der Waals surface area contributed by atoms with Crippen LogP contribution in [0.25, 0.3) is 11.0 Å². The number of fused-ring (bicyclic) bond motifs is 1. The van der Waals surface area contributed by atoms with Gasteiger partial charge in [-0.15, -0.1) is 0 Å². The first-order valence-electron chi connectivity index (χ1n) is 6.05. The maximum atomic E-state index is 12.0. The number of hydrogen-bond acceptors (Lipinski definition) is 5. The van der Waals surface area contributed by atoms with Crippen LogP contribution in [0.1, 0.15) is 31.4 Å². The van der Waals surface area contributed by atoms with E-state index >= 15 is 0 Å². The molecule has 5 N–H and O–H groups in total. The third kappa shape index (κ3) is 1.90. The van der Waals surface area contributed by atoms with Gasteiger partial charge >= 0.3 is 0 Å². The van der Waals surface area contributed by atoms with Crippen molar-refractivity contribution in [3.05, 3.63) is 21.5 Å². The number of H-pyrrole nitrogens is 1. The van der Waals surface area contributed by atoms with Gasteiger partial charge in [0.25, 0.3) is 5.56 Å². The van der Waals surface area contributed by atoms with Crippen molar-refractivity contribution in [2.24, 2.45) is 0 Å². The predicted octanol–water partition coefficient (Wildman–Crippen LogP) is 0.997. The Labute approximate surface area is 104 Å². The van der Waals surface area contributed by atoms with E-state index in [0.29, 0.717) is 17.9 Å². The molecule has 18 heavy (non-hydrogen) atoms. The van der Waals surface area contributed by atoms with Crippen molar-refractivity contribution in [1.82, 2.24) is 15.0 Å². The zero-order valence-corrected chi connectivity index (χ0v) is 10.6. The summed E-state index contributed by atoms with van der Waals surface area (Å²) in [7, 11) is 0. The van der Waals surface area contributed by atoms with E-state index in [4.69, 9.17) is 11.5 Å². The number of aryl methyl sites for hydroxylation is 1. The lowest BCUT2D eigenvalue weighted by Gasteiger charge is -2.11. The Morgan fingerprint density at radius 1 is 1.17 bits per heavy atom. The third-order valence-electron chi connectivity index (χ3n) is 2.98. The van der Waals surface area contributed by atoms with Gasteiger partial charge in [-0.3, -0.25) is 4.79 Å². The summed E-state index contributed by atoms with van der Waals surface area (Å²) < 4.78 is 0. The summed E-state index contributed by atoms with van der Waals surface area (Å²) in [5.41, 5.74) is 13.5. The highest BCUT2D eigenvalue weighted by Gasteiger charge is 2.15. The normalized spacial score (nSPS) is 11.0. The van der Waals surface area contributed by atoms with Gasteiger partial charge in [0.15, 0.2) is 0 Å². The molecule has 0 saturated heterocycles. The highest BCUT2D eigenvalue weighted by molar-refractivity contribution is 5.90. The lowest BCUT2D eigenvalue weighted by Crippen LogP contribution is -2.18. The molecule has 0 amide bonds. The second-order valence-electron chi connectivity index (χ2n) is 4.21. The van der Waals surface area contributed by atoms with Crippen LogP contribution in [0.3, 0.4) is 0 Å². The van der Waals surface area contributed by atoms with E-state index in [0.717, 1.165) is 29.4 Å². The molecular formula is C12H17N5O. The molecule has 0 aliphatic rings. The molecule has 0 radical (unpaired) electrons. The van der Waals surface area contributed by atoms with E-state index < -0.39 is 0 Å². The van der Waals surface area contributed by atoms with Gasteiger partial charge in [0.2, 0.25) is 5.95 Å². The number of nitrogen functional groups attached to an aromatic ring is 2. The molecule has 6 heteroatoms. The Morgan fingerprint density at radius 3 is 2.50 bits per heavy atom. The standard InChI is InChI=1S/C12H17N5O/c1-3-5-7-6(4-2)11(18)16-10-8(7)9(13)15-12(14)17-10/h3-5H2,1-2H3,(H5,13,14,15,16,17,18). The van der Waals surface area contributed by atoms with Crippen LogP contribution in [-0.4, -0.2) is 15.0 Å². The van der Waals surface area contributed by atoms with E-state index in [-0.39, 0.29) is 11.5 Å². The molecule has 0 atom stereocenters. The summed E-state index contributed by atoms with van der Waals surface area (Å²) in [6.45, 7) is 4.00. The number of pyridine rings is 1. The molecule has 0 aromatic carbocycles. The monoisotopic (exact) mass is 247 g/mol. The Morgan fingerprint density at radius 2 is 1.89 bits per heavy atom. The number of nitrogens with two attached hydrogens (primary N) is 2. The Hall–Kier alpha value is -2.11. The second-order valence-corrected chi connectivity index (χ2v) is 4.21. The van der Waals surface area contributed by atoms with E-state index in [1.165, 1.54) is 0 Å². The molecule has 2 aromatic heterocycles. The summed E-state index contributed by atoms with van der Waals surface area (Å²) in [5.74, 6) is 0.397. The van der Waals surface area contributed by atoms with Crippen LogP contribution in [0.2, 0.25) is 0 Å². The molecule has 0 fully saturated rings. The van der Waals surface area contributed by atoms with E-state index in [9.17, 15) is 4.79 Å². The Kier molecular flexibility index (Phi) is 3.18. The maximum absolute atomic E-state index is 12.0. The lowest BCUT2D eigenvalue weighted by atomic mass is 9.99. The van der Waals surface area contributed by atoms with Crippen molar-refractivity contribution in [1.29, 1.82) is 0 Å². The minimum absolute atomic E-state index is 0.0716. The number of anilines is 2. The van der Waals surface area contributed by atoms with Gasteiger partial charge in [0.05, 0.1) is 5.39 Å². The first-order chi connectivity index (χ1) is 8.58. The van der Waals surface area contributed by atoms with Crippen molar-refractivity contribution in [3.8, 4) is 0 Å². The summed E-state index contributed by atoms with van der Waals surface area (Å²) in [5, 5.41) is 0.725. The number of aromatic nitrogens is 3. The van der Waals surface area contributed by atoms with Gasteiger partial charge in [-0.25, -0.2) is 0 Å². The van der Waals surface area contributed by atoms with Gasteiger partial charge in [0, 0.05) is 5.56 Å². The highest BCUT2D eigenvalue weighted by atomic mass is 16.1. The minimum atomic E-state index is -0.119. The maximum Gasteiger partial charge on any atom is 0.253 e. The molecule has 2 heterocycles. The Bertz CT molecular complexity index is 647. The fourth-order valence-electron chi connectivity index (χ4n) is 2.25. The van der Waals surface area contributed by atoms with Gasteiger partial charge in [-0.1, -0.05) is 20.3 Å². The number of nitrogens with zero attached hydrogens (tertiary/aromatic N) is 2. The predicted molar refractivity (Wildman–Crippen MR) is 72.4 cm³/mol. The first-order valence-corrected chi connectivity index (χ1v) is 6.05. The molecule has 6 nitrogen and oxygen atoms in total. The first kappa shape index (κ1) is 12.3. The smallest absolute Gasteiger partial charge is 0.253 e. The average molecular weight is 247 g/mol. The highest BCUT2D eigenvalue weighted by Crippen LogP contribution is 2.24. The van der Waals surface area contributed by atoms with Crippen molar-refractivity contribution >= 4 is 22.8 Å². The van der Waals surface area contributed by atoms with Crippen LogP contribution in [0, 0.1) is 0 Å². The van der Waals surface area contributed by atoms with Gasteiger partial charge in [-0.05, 0) is 18.4 Å². The topological polar surface area (TPSA) is 111 Å². The van der Waals surface area contributed by atoms with Crippen LogP contribution < -0.4 is 17.0 Å². The molecule has 0 spiro atoms. The molecule has 0 saturated carbocycles. The van der Waals surface area contributed by atoms with Crippen LogP contribution in [-0.2, 0) is 12.8 Å². The molecular weight excluding hydrogens is 230 g/mol. The quantitative estimate of drug-likeness (QED) is 0.749. The van der Waals surface area contributed by atoms with Crippen molar-refractivity contribution in [3.63, 3.8) is 0 Å². The fraction of sp³-hybridized carbons (Fsp3) is 0.417. The molecule has 2 rings (SSSR count). The largest absolute Gasteiger partial charge is 0.383 e. The second kappa shape index (κ2) is 4.64. The summed E-state index contributed by atoms with van der Waals surface area (Å²) in [6.07, 6.45) is 2.36. The van der Waals surface area contributed by atoms with E-state index in [2.05, 4.69) is 21.9 Å². The van der Waals surface area contributed by atoms with Gasteiger partial charge < -0.3 is 16.5 Å². The SMILES string of the molecule is CCCc1c(CC)c(=O)[nH]c2nc(N)nc(N)c12. The van der Waals surface area contributed by atoms with Crippen LogP contribution >= 0.6 is 0 Å². The lowest BCUT2D eigenvalue weighted by molar-refractivity contribution is 0.895. The van der Waals surface area contributed by atoms with Crippen molar-refractivity contribution in [2.75, 3.05) is 11.5 Å². The molecule has 2 aromatic rings. The van der Waals surface area contributed by atoms with E-state index in [1.807, 2.05) is 6.92 Å². The van der Waals surface area contributed by atoms with Crippen LogP contribution in [0.15, 0.2) is 4.79 Å². The van der Waals surface area contributed by atoms with Crippen molar-refractivity contribution in [2.45, 2.75) is 33.1 Å². The summed E-state index contributed by atoms with van der Waals surface area (Å²) in [6, 6.07) is 0. The Balaban J connectivity index is 2.92. The van der Waals surface area contributed by atoms with Gasteiger partial charge in [-0.2, -0.15) is 9.97 Å². The summed E-state index contributed by atoms with van der Waals surface area (Å²) in [4.78, 5) is 22.7. The molecule has 0 unspecified atom stereocenters. The average Bonchev–Trinajstić information content (AvgIpc) is 2.28. The molecule has 0 bridgehead atoms. The van der Waals surface area contributed by atoms with Crippen LogP contribution in [0.5, 0.6) is 0 Å². The number of hydrogen-bond donors (Lipinski definition) is 3.